The molecule has 0 bridgehead atoms. The summed E-state index contributed by atoms with van der Waals surface area (Å²) < 4.78 is 23.8. The second kappa shape index (κ2) is 6.66. The zero-order valence-corrected chi connectivity index (χ0v) is 14.1. The summed E-state index contributed by atoms with van der Waals surface area (Å²) in [5, 5.41) is 0. The molecule has 0 N–H and O–H groups in total. The average Bonchev–Trinajstić information content (AvgIpc) is 2.46. The summed E-state index contributed by atoms with van der Waals surface area (Å²) >= 11 is 0. The van der Waals surface area contributed by atoms with Gasteiger partial charge in [-0.2, -0.15) is 4.31 Å². The van der Waals surface area contributed by atoms with E-state index >= 15 is 0 Å². The number of hydrogen-bond acceptors (Lipinski definition) is 4. The molecule has 1 fully saturated rings. The van der Waals surface area contributed by atoms with Crippen LogP contribution in [0.3, 0.4) is 0 Å². The number of carbonyl (C=O) groups is 1. The molecular weight excluding hydrogens is 302 g/mol. The molecule has 1 aromatic carbocycles. The molecule has 0 unspecified atom stereocenters. The predicted molar refractivity (Wildman–Crippen MR) is 87.4 cm³/mol. The number of nitrogens with zero attached hydrogens (tertiary/aromatic N) is 3. The third-order valence-electron chi connectivity index (χ3n) is 3.92. The van der Waals surface area contributed by atoms with E-state index in [1.807, 2.05) is 6.07 Å². The summed E-state index contributed by atoms with van der Waals surface area (Å²) in [7, 11) is -1.89. The van der Waals surface area contributed by atoms with Crippen LogP contribution in [0.1, 0.15) is 5.56 Å². The molecule has 1 amide bonds. The molecule has 0 atom stereocenters. The number of hydrogen-bond donors (Lipinski definition) is 0. The molecular formula is C15H23N3O3S. The highest BCUT2D eigenvalue weighted by Crippen LogP contribution is 2.17. The quantitative estimate of drug-likeness (QED) is 0.810. The molecule has 1 aliphatic rings. The first kappa shape index (κ1) is 16.8. The molecule has 122 valence electrons. The van der Waals surface area contributed by atoms with Gasteiger partial charge in [0.05, 0.1) is 12.8 Å². The van der Waals surface area contributed by atoms with E-state index in [1.165, 1.54) is 18.3 Å². The van der Waals surface area contributed by atoms with Gasteiger partial charge in [0.1, 0.15) is 0 Å². The number of benzene rings is 1. The van der Waals surface area contributed by atoms with Crippen LogP contribution in [-0.2, 0) is 14.8 Å². The van der Waals surface area contributed by atoms with E-state index in [0.717, 1.165) is 23.7 Å². The van der Waals surface area contributed by atoms with Crippen molar-refractivity contribution in [2.75, 3.05) is 50.9 Å². The average molecular weight is 325 g/mol. The smallest absolute Gasteiger partial charge is 0.238 e. The van der Waals surface area contributed by atoms with Gasteiger partial charge >= 0.3 is 0 Å². The molecule has 22 heavy (non-hydrogen) atoms. The van der Waals surface area contributed by atoms with E-state index in [9.17, 15) is 13.2 Å². The third kappa shape index (κ3) is 4.20. The van der Waals surface area contributed by atoms with Crippen LogP contribution in [0.4, 0.5) is 5.69 Å². The second-order valence-corrected chi connectivity index (χ2v) is 7.82. The fourth-order valence-electron chi connectivity index (χ4n) is 2.45. The Kier molecular flexibility index (Phi) is 5.08. The van der Waals surface area contributed by atoms with Crippen molar-refractivity contribution in [3.8, 4) is 0 Å². The number of amides is 1. The first-order chi connectivity index (χ1) is 10.3. The normalized spacial score (nSPS) is 16.2. The van der Waals surface area contributed by atoms with Crippen LogP contribution in [0.25, 0.3) is 0 Å². The van der Waals surface area contributed by atoms with Crippen molar-refractivity contribution in [1.82, 2.24) is 9.21 Å². The van der Waals surface area contributed by atoms with E-state index in [-0.39, 0.29) is 12.5 Å². The summed E-state index contributed by atoms with van der Waals surface area (Å²) in [5.74, 6) is -0.142. The van der Waals surface area contributed by atoms with E-state index in [2.05, 4.69) is 30.0 Å². The van der Waals surface area contributed by atoms with E-state index in [4.69, 9.17) is 0 Å². The van der Waals surface area contributed by atoms with Gasteiger partial charge in [-0.1, -0.05) is 12.1 Å². The van der Waals surface area contributed by atoms with Gasteiger partial charge in [-0.25, -0.2) is 8.42 Å². The van der Waals surface area contributed by atoms with Crippen LogP contribution in [0.2, 0.25) is 0 Å². The lowest BCUT2D eigenvalue weighted by molar-refractivity contribution is -0.131. The lowest BCUT2D eigenvalue weighted by atomic mass is 10.2. The highest BCUT2D eigenvalue weighted by molar-refractivity contribution is 7.88. The maximum Gasteiger partial charge on any atom is 0.238 e. The standard InChI is InChI=1S/C15H23N3O3S/c1-13-5-4-6-14(11-13)17-7-9-18(10-8-17)15(19)12-16(2)22(3,20)21/h4-6,11H,7-10,12H2,1-3H3. The van der Waals surface area contributed by atoms with Crippen molar-refractivity contribution in [1.29, 1.82) is 0 Å². The maximum absolute atomic E-state index is 12.2. The minimum atomic E-state index is -3.32. The second-order valence-electron chi connectivity index (χ2n) is 5.73. The molecule has 0 saturated carbocycles. The Morgan fingerprint density at radius 1 is 1.23 bits per heavy atom. The maximum atomic E-state index is 12.2. The minimum absolute atomic E-state index is 0.0940. The molecule has 0 spiro atoms. The Balaban J connectivity index is 1.90. The van der Waals surface area contributed by atoms with Gasteiger partial charge in [0, 0.05) is 38.9 Å². The molecule has 1 aromatic rings. The molecule has 0 aliphatic carbocycles. The molecule has 0 radical (unpaired) electrons. The summed E-state index contributed by atoms with van der Waals surface area (Å²) in [4.78, 5) is 16.1. The van der Waals surface area contributed by atoms with Crippen LogP contribution in [0, 0.1) is 6.92 Å². The van der Waals surface area contributed by atoms with E-state index in [0.29, 0.717) is 13.1 Å². The van der Waals surface area contributed by atoms with Crippen LogP contribution in [0.15, 0.2) is 24.3 Å². The monoisotopic (exact) mass is 325 g/mol. The Labute approximate surface area is 132 Å². The van der Waals surface area contributed by atoms with Crippen molar-refractivity contribution in [2.24, 2.45) is 0 Å². The number of rotatable bonds is 4. The van der Waals surface area contributed by atoms with E-state index < -0.39 is 10.0 Å². The summed E-state index contributed by atoms with van der Waals surface area (Å²) in [6.45, 7) is 4.72. The molecule has 1 saturated heterocycles. The fourth-order valence-corrected chi connectivity index (χ4v) is 2.79. The zero-order valence-electron chi connectivity index (χ0n) is 13.3. The van der Waals surface area contributed by atoms with Crippen molar-refractivity contribution in [3.05, 3.63) is 29.8 Å². The number of likely N-dealkylation sites (N-methyl/N-ethyl adjacent to an activating group) is 1. The van der Waals surface area contributed by atoms with Gasteiger partial charge in [-0.15, -0.1) is 0 Å². The Morgan fingerprint density at radius 3 is 2.41 bits per heavy atom. The predicted octanol–water partition coefficient (Wildman–Crippen LogP) is 0.535. The van der Waals surface area contributed by atoms with Gasteiger partial charge in [0.2, 0.25) is 15.9 Å². The molecule has 0 aromatic heterocycles. The molecule has 1 heterocycles. The largest absolute Gasteiger partial charge is 0.368 e. The van der Waals surface area contributed by atoms with Crippen molar-refractivity contribution in [2.45, 2.75) is 6.92 Å². The minimum Gasteiger partial charge on any atom is -0.368 e. The number of carbonyl (C=O) groups excluding carboxylic acids is 1. The Bertz CT molecular complexity index is 637. The van der Waals surface area contributed by atoms with Crippen LogP contribution >= 0.6 is 0 Å². The number of piperazine rings is 1. The number of sulfonamides is 1. The summed E-state index contributed by atoms with van der Waals surface area (Å²) in [6.07, 6.45) is 1.11. The lowest BCUT2D eigenvalue weighted by Crippen LogP contribution is -2.51. The van der Waals surface area contributed by atoms with Crippen LogP contribution < -0.4 is 4.90 Å². The van der Waals surface area contributed by atoms with Gasteiger partial charge < -0.3 is 9.80 Å². The first-order valence-electron chi connectivity index (χ1n) is 7.28. The van der Waals surface area contributed by atoms with Gasteiger partial charge in [0.25, 0.3) is 0 Å². The number of anilines is 1. The summed E-state index contributed by atoms with van der Waals surface area (Å²) in [6, 6.07) is 8.30. The molecule has 7 heteroatoms. The van der Waals surface area contributed by atoms with Gasteiger partial charge in [0.15, 0.2) is 0 Å². The molecule has 6 nitrogen and oxygen atoms in total. The Hall–Kier alpha value is -1.60. The SMILES string of the molecule is Cc1cccc(N2CCN(C(=O)CN(C)S(C)(=O)=O)CC2)c1. The topological polar surface area (TPSA) is 60.9 Å². The van der Waals surface area contributed by atoms with Crippen LogP contribution in [-0.4, -0.2) is 69.6 Å². The fraction of sp³-hybridized carbons (Fsp3) is 0.533. The highest BCUT2D eigenvalue weighted by atomic mass is 32.2. The van der Waals surface area contributed by atoms with Gasteiger partial charge in [-0.3, -0.25) is 4.79 Å². The third-order valence-corrected chi connectivity index (χ3v) is 5.18. The molecule has 2 rings (SSSR count). The summed E-state index contributed by atoms with van der Waals surface area (Å²) in [5.41, 5.74) is 2.38. The van der Waals surface area contributed by atoms with Crippen molar-refractivity contribution in [3.63, 3.8) is 0 Å². The van der Waals surface area contributed by atoms with Gasteiger partial charge in [-0.05, 0) is 24.6 Å². The first-order valence-corrected chi connectivity index (χ1v) is 9.13. The lowest BCUT2D eigenvalue weighted by Gasteiger charge is -2.36. The van der Waals surface area contributed by atoms with E-state index in [1.54, 1.807) is 4.90 Å². The Morgan fingerprint density at radius 2 is 1.86 bits per heavy atom. The van der Waals surface area contributed by atoms with Crippen LogP contribution in [0.5, 0.6) is 0 Å². The zero-order chi connectivity index (χ0) is 16.3. The van der Waals surface area contributed by atoms with Crippen molar-refractivity contribution < 1.29 is 13.2 Å². The van der Waals surface area contributed by atoms with Crippen molar-refractivity contribution >= 4 is 21.6 Å². The molecule has 1 aliphatic heterocycles. The highest BCUT2D eigenvalue weighted by Gasteiger charge is 2.24. The number of aryl methyl sites for hydroxylation is 1.